The molecule has 3 rings (SSSR count). The van der Waals surface area contributed by atoms with Crippen molar-refractivity contribution in [1.82, 2.24) is 0 Å². The Labute approximate surface area is 146 Å². The predicted octanol–water partition coefficient (Wildman–Crippen LogP) is 3.17. The van der Waals surface area contributed by atoms with E-state index in [1.54, 1.807) is 29.2 Å². The molecule has 5 heteroatoms. The molecule has 0 aromatic heterocycles. The highest BCUT2D eigenvalue weighted by Gasteiger charge is 2.35. The highest BCUT2D eigenvalue weighted by molar-refractivity contribution is 6.03. The Balaban J connectivity index is 1.70. The summed E-state index contributed by atoms with van der Waals surface area (Å²) >= 11 is 0. The predicted molar refractivity (Wildman–Crippen MR) is 96.2 cm³/mol. The number of carbonyl (C=O) groups is 2. The van der Waals surface area contributed by atoms with Crippen LogP contribution in [-0.4, -0.2) is 18.4 Å². The van der Waals surface area contributed by atoms with Gasteiger partial charge < -0.3 is 10.2 Å². The van der Waals surface area contributed by atoms with Crippen LogP contribution in [-0.2, 0) is 9.59 Å². The summed E-state index contributed by atoms with van der Waals surface area (Å²) in [6, 6.07) is 14.7. The van der Waals surface area contributed by atoms with Gasteiger partial charge in [-0.05, 0) is 61.4 Å². The molecule has 1 saturated heterocycles. The first-order valence-electron chi connectivity index (χ1n) is 8.16. The summed E-state index contributed by atoms with van der Waals surface area (Å²) in [6.45, 7) is 4.36. The number of hydrogen-bond donors (Lipinski definition) is 1. The van der Waals surface area contributed by atoms with E-state index in [-0.39, 0.29) is 24.2 Å². The Kier molecular flexibility index (Phi) is 4.53. The fraction of sp³-hybridized carbons (Fsp3) is 0.250. The van der Waals surface area contributed by atoms with E-state index in [2.05, 4.69) is 11.4 Å². The summed E-state index contributed by atoms with van der Waals surface area (Å²) in [4.78, 5) is 26.5. The van der Waals surface area contributed by atoms with Crippen molar-refractivity contribution in [2.75, 3.05) is 16.8 Å². The summed E-state index contributed by atoms with van der Waals surface area (Å²) in [5.74, 6) is -0.598. The van der Waals surface area contributed by atoms with Crippen LogP contribution in [0.5, 0.6) is 0 Å². The standard InChI is InChI=1S/C20H19N3O2/c1-13-7-14(2)9-18(8-13)23-12-16(10-19(23)24)20(25)22-17-5-3-15(11-21)4-6-17/h3-9,16H,10,12H2,1-2H3,(H,22,25). The Bertz CT molecular complexity index is 845. The topological polar surface area (TPSA) is 73.2 Å². The van der Waals surface area contributed by atoms with Gasteiger partial charge >= 0.3 is 0 Å². The van der Waals surface area contributed by atoms with E-state index in [0.717, 1.165) is 16.8 Å². The second-order valence-electron chi connectivity index (χ2n) is 6.43. The van der Waals surface area contributed by atoms with E-state index in [4.69, 9.17) is 5.26 Å². The van der Waals surface area contributed by atoms with Gasteiger partial charge in [-0.2, -0.15) is 5.26 Å². The van der Waals surface area contributed by atoms with E-state index in [0.29, 0.717) is 17.8 Å². The third-order valence-electron chi connectivity index (χ3n) is 4.30. The van der Waals surface area contributed by atoms with Crippen LogP contribution >= 0.6 is 0 Å². The molecule has 25 heavy (non-hydrogen) atoms. The molecule has 0 bridgehead atoms. The van der Waals surface area contributed by atoms with Gasteiger partial charge in [-0.1, -0.05) is 6.07 Å². The van der Waals surface area contributed by atoms with Crippen molar-refractivity contribution in [2.45, 2.75) is 20.3 Å². The molecule has 2 aromatic carbocycles. The number of carbonyl (C=O) groups excluding carboxylic acids is 2. The van der Waals surface area contributed by atoms with Crippen LogP contribution in [0.3, 0.4) is 0 Å². The Morgan fingerprint density at radius 1 is 1.16 bits per heavy atom. The van der Waals surface area contributed by atoms with Crippen molar-refractivity contribution in [3.63, 3.8) is 0 Å². The zero-order valence-electron chi connectivity index (χ0n) is 14.2. The lowest BCUT2D eigenvalue weighted by Gasteiger charge is -2.18. The van der Waals surface area contributed by atoms with Gasteiger partial charge in [-0.3, -0.25) is 9.59 Å². The van der Waals surface area contributed by atoms with Crippen molar-refractivity contribution in [3.8, 4) is 6.07 Å². The molecule has 0 aliphatic carbocycles. The average Bonchev–Trinajstić information content (AvgIpc) is 2.97. The van der Waals surface area contributed by atoms with Gasteiger partial charge in [0.1, 0.15) is 0 Å². The molecule has 1 fully saturated rings. The van der Waals surface area contributed by atoms with Gasteiger partial charge in [0, 0.05) is 24.3 Å². The largest absolute Gasteiger partial charge is 0.326 e. The van der Waals surface area contributed by atoms with E-state index < -0.39 is 0 Å². The average molecular weight is 333 g/mol. The van der Waals surface area contributed by atoms with Crippen LogP contribution < -0.4 is 10.2 Å². The molecule has 1 unspecified atom stereocenters. The van der Waals surface area contributed by atoms with Gasteiger partial charge in [-0.15, -0.1) is 0 Å². The van der Waals surface area contributed by atoms with E-state index >= 15 is 0 Å². The van der Waals surface area contributed by atoms with Crippen molar-refractivity contribution in [2.24, 2.45) is 5.92 Å². The van der Waals surface area contributed by atoms with Crippen molar-refractivity contribution < 1.29 is 9.59 Å². The SMILES string of the molecule is Cc1cc(C)cc(N2CC(C(=O)Nc3ccc(C#N)cc3)CC2=O)c1. The van der Waals surface area contributed by atoms with Crippen LogP contribution in [0.15, 0.2) is 42.5 Å². The number of amides is 2. The normalized spacial score (nSPS) is 16.6. The van der Waals surface area contributed by atoms with Gasteiger partial charge in [0.15, 0.2) is 0 Å². The summed E-state index contributed by atoms with van der Waals surface area (Å²) in [5.41, 5.74) is 4.19. The molecule has 1 heterocycles. The number of nitrogens with one attached hydrogen (secondary N) is 1. The minimum absolute atomic E-state index is 0.0371. The number of anilines is 2. The van der Waals surface area contributed by atoms with Crippen LogP contribution in [0.1, 0.15) is 23.1 Å². The zero-order valence-corrected chi connectivity index (χ0v) is 14.2. The molecule has 0 spiro atoms. The smallest absolute Gasteiger partial charge is 0.229 e. The first-order chi connectivity index (χ1) is 12.0. The van der Waals surface area contributed by atoms with E-state index in [1.807, 2.05) is 32.0 Å². The Morgan fingerprint density at radius 3 is 2.40 bits per heavy atom. The molecule has 1 atom stereocenters. The van der Waals surface area contributed by atoms with Crippen LogP contribution in [0.2, 0.25) is 0 Å². The number of hydrogen-bond acceptors (Lipinski definition) is 3. The summed E-state index contributed by atoms with van der Waals surface area (Å²) in [7, 11) is 0. The van der Waals surface area contributed by atoms with Crippen molar-refractivity contribution >= 4 is 23.2 Å². The van der Waals surface area contributed by atoms with E-state index in [9.17, 15) is 9.59 Å². The lowest BCUT2D eigenvalue weighted by Crippen LogP contribution is -2.28. The van der Waals surface area contributed by atoms with Gasteiger partial charge in [-0.25, -0.2) is 0 Å². The first kappa shape index (κ1) is 16.7. The Hall–Kier alpha value is -3.13. The molecule has 0 saturated carbocycles. The third-order valence-corrected chi connectivity index (χ3v) is 4.30. The third kappa shape index (κ3) is 3.69. The Morgan fingerprint density at radius 2 is 1.80 bits per heavy atom. The van der Waals surface area contributed by atoms with Crippen molar-refractivity contribution in [3.05, 3.63) is 59.2 Å². The molecule has 1 N–H and O–H groups in total. The van der Waals surface area contributed by atoms with Gasteiger partial charge in [0.2, 0.25) is 11.8 Å². The summed E-state index contributed by atoms with van der Waals surface area (Å²) < 4.78 is 0. The van der Waals surface area contributed by atoms with Crippen LogP contribution in [0, 0.1) is 31.1 Å². The molecular weight excluding hydrogens is 314 g/mol. The summed E-state index contributed by atoms with van der Waals surface area (Å²) in [6.07, 6.45) is 0.203. The number of benzene rings is 2. The highest BCUT2D eigenvalue weighted by atomic mass is 16.2. The molecule has 0 radical (unpaired) electrons. The fourth-order valence-electron chi connectivity index (χ4n) is 3.11. The molecule has 5 nitrogen and oxygen atoms in total. The minimum atomic E-state index is -0.385. The molecule has 1 aliphatic rings. The maximum Gasteiger partial charge on any atom is 0.229 e. The quantitative estimate of drug-likeness (QED) is 0.937. The molecule has 126 valence electrons. The molecule has 1 aliphatic heterocycles. The molecule has 2 aromatic rings. The lowest BCUT2D eigenvalue weighted by atomic mass is 10.1. The second kappa shape index (κ2) is 6.78. The van der Waals surface area contributed by atoms with Crippen LogP contribution in [0.25, 0.3) is 0 Å². The minimum Gasteiger partial charge on any atom is -0.326 e. The van der Waals surface area contributed by atoms with Gasteiger partial charge in [0.25, 0.3) is 0 Å². The number of nitrogens with zero attached hydrogens (tertiary/aromatic N) is 2. The van der Waals surface area contributed by atoms with E-state index in [1.165, 1.54) is 0 Å². The monoisotopic (exact) mass is 333 g/mol. The van der Waals surface area contributed by atoms with Crippen molar-refractivity contribution in [1.29, 1.82) is 5.26 Å². The molecule has 2 amide bonds. The number of aryl methyl sites for hydroxylation is 2. The molecular formula is C20H19N3O2. The maximum absolute atomic E-state index is 12.5. The zero-order chi connectivity index (χ0) is 18.0. The van der Waals surface area contributed by atoms with Crippen LogP contribution in [0.4, 0.5) is 11.4 Å². The number of rotatable bonds is 3. The first-order valence-corrected chi connectivity index (χ1v) is 8.16. The van der Waals surface area contributed by atoms with Gasteiger partial charge in [0.05, 0.1) is 17.6 Å². The maximum atomic E-state index is 12.5. The second-order valence-corrected chi connectivity index (χ2v) is 6.43. The lowest BCUT2D eigenvalue weighted by molar-refractivity contribution is -0.122. The number of nitriles is 1. The highest BCUT2D eigenvalue weighted by Crippen LogP contribution is 2.27. The summed E-state index contributed by atoms with van der Waals surface area (Å²) in [5, 5.41) is 11.6. The fourth-order valence-corrected chi connectivity index (χ4v) is 3.11.